The predicted molar refractivity (Wildman–Crippen MR) is 62.5 cm³/mol. The Kier molecular flexibility index (Phi) is 4.14. The second-order valence-corrected chi connectivity index (χ2v) is 5.07. The van der Waals surface area contributed by atoms with E-state index >= 15 is 0 Å². The van der Waals surface area contributed by atoms with Crippen molar-refractivity contribution in [3.63, 3.8) is 0 Å². The summed E-state index contributed by atoms with van der Waals surface area (Å²) in [5.74, 6) is 0.231. The molecule has 1 aliphatic rings. The average molecular weight is 212 g/mol. The third kappa shape index (κ3) is 3.20. The van der Waals surface area contributed by atoms with Gasteiger partial charge < -0.3 is 10.6 Å². The first-order valence-electron chi connectivity index (χ1n) is 6.07. The zero-order valence-electron chi connectivity index (χ0n) is 10.3. The van der Waals surface area contributed by atoms with Crippen LogP contribution >= 0.6 is 0 Å². The van der Waals surface area contributed by atoms with Crippen molar-refractivity contribution in [3.8, 4) is 0 Å². The molecule has 0 heterocycles. The van der Waals surface area contributed by atoms with E-state index in [2.05, 4.69) is 20.8 Å². The summed E-state index contributed by atoms with van der Waals surface area (Å²) in [5, 5.41) is 0. The molecule has 0 aliphatic heterocycles. The van der Waals surface area contributed by atoms with Gasteiger partial charge in [0.2, 0.25) is 5.91 Å². The fourth-order valence-electron chi connectivity index (χ4n) is 2.12. The first-order valence-corrected chi connectivity index (χ1v) is 6.07. The molecule has 88 valence electrons. The maximum atomic E-state index is 12.0. The van der Waals surface area contributed by atoms with Crippen LogP contribution in [-0.2, 0) is 4.79 Å². The number of carbonyl (C=O) groups excluding carboxylic acids is 1. The van der Waals surface area contributed by atoms with Crippen molar-refractivity contribution in [1.29, 1.82) is 0 Å². The molecule has 1 fully saturated rings. The van der Waals surface area contributed by atoms with Crippen LogP contribution < -0.4 is 5.73 Å². The van der Waals surface area contributed by atoms with E-state index in [4.69, 9.17) is 5.73 Å². The van der Waals surface area contributed by atoms with E-state index in [0.29, 0.717) is 12.5 Å². The minimum absolute atomic E-state index is 0.183. The first-order chi connectivity index (χ1) is 6.98. The van der Waals surface area contributed by atoms with Crippen LogP contribution in [-0.4, -0.2) is 28.9 Å². The SMILES string of the molecule is CCCN(C(=O)CC1(N)CCC1)C(C)C. The van der Waals surface area contributed by atoms with Crippen LogP contribution in [0, 0.1) is 0 Å². The zero-order chi connectivity index (χ0) is 11.5. The van der Waals surface area contributed by atoms with Gasteiger partial charge in [-0.15, -0.1) is 0 Å². The maximum Gasteiger partial charge on any atom is 0.224 e. The third-order valence-corrected chi connectivity index (χ3v) is 3.26. The summed E-state index contributed by atoms with van der Waals surface area (Å²) in [5.41, 5.74) is 5.91. The lowest BCUT2D eigenvalue weighted by Gasteiger charge is -2.39. The summed E-state index contributed by atoms with van der Waals surface area (Å²) >= 11 is 0. The second kappa shape index (κ2) is 4.97. The quantitative estimate of drug-likeness (QED) is 0.756. The highest BCUT2D eigenvalue weighted by molar-refractivity contribution is 5.77. The Hall–Kier alpha value is -0.570. The summed E-state index contributed by atoms with van der Waals surface area (Å²) in [7, 11) is 0. The molecule has 0 bridgehead atoms. The smallest absolute Gasteiger partial charge is 0.224 e. The molecule has 1 aliphatic carbocycles. The number of hydrogen-bond donors (Lipinski definition) is 1. The number of carbonyl (C=O) groups is 1. The van der Waals surface area contributed by atoms with Gasteiger partial charge >= 0.3 is 0 Å². The van der Waals surface area contributed by atoms with Gasteiger partial charge in [-0.1, -0.05) is 6.92 Å². The van der Waals surface area contributed by atoms with Gasteiger partial charge in [0.15, 0.2) is 0 Å². The van der Waals surface area contributed by atoms with Crippen LogP contribution in [0.2, 0.25) is 0 Å². The van der Waals surface area contributed by atoms with Crippen LogP contribution in [0.4, 0.5) is 0 Å². The summed E-state index contributed by atoms with van der Waals surface area (Å²) in [6, 6.07) is 0.293. The van der Waals surface area contributed by atoms with Crippen molar-refractivity contribution >= 4 is 5.91 Å². The van der Waals surface area contributed by atoms with Gasteiger partial charge in [-0.25, -0.2) is 0 Å². The van der Waals surface area contributed by atoms with Crippen LogP contribution in [0.5, 0.6) is 0 Å². The number of rotatable bonds is 5. The van der Waals surface area contributed by atoms with E-state index in [1.165, 1.54) is 6.42 Å². The molecule has 1 saturated carbocycles. The van der Waals surface area contributed by atoms with E-state index in [1.807, 2.05) is 4.90 Å². The van der Waals surface area contributed by atoms with E-state index in [9.17, 15) is 4.79 Å². The van der Waals surface area contributed by atoms with Crippen LogP contribution in [0.1, 0.15) is 52.9 Å². The van der Waals surface area contributed by atoms with Crippen LogP contribution in [0.15, 0.2) is 0 Å². The minimum Gasteiger partial charge on any atom is -0.340 e. The van der Waals surface area contributed by atoms with Gasteiger partial charge in [0.05, 0.1) is 0 Å². The fraction of sp³-hybridized carbons (Fsp3) is 0.917. The molecule has 0 saturated heterocycles. The molecule has 0 atom stereocenters. The van der Waals surface area contributed by atoms with Crippen molar-refractivity contribution in [2.45, 2.75) is 64.5 Å². The van der Waals surface area contributed by atoms with Gasteiger partial charge in [-0.3, -0.25) is 4.79 Å². The highest BCUT2D eigenvalue weighted by atomic mass is 16.2. The standard InChI is InChI=1S/C12H24N2O/c1-4-8-14(10(2)3)11(15)9-12(13)6-5-7-12/h10H,4-9,13H2,1-3H3. The highest BCUT2D eigenvalue weighted by Gasteiger charge is 2.36. The number of hydrogen-bond acceptors (Lipinski definition) is 2. The molecule has 1 amide bonds. The summed E-state index contributed by atoms with van der Waals surface area (Å²) < 4.78 is 0. The lowest BCUT2D eigenvalue weighted by atomic mass is 9.75. The Bertz CT molecular complexity index is 222. The molecule has 2 N–H and O–H groups in total. The Morgan fingerprint density at radius 3 is 2.40 bits per heavy atom. The van der Waals surface area contributed by atoms with E-state index in [-0.39, 0.29) is 11.4 Å². The summed E-state index contributed by atoms with van der Waals surface area (Å²) in [6.07, 6.45) is 4.75. The summed E-state index contributed by atoms with van der Waals surface area (Å²) in [6.45, 7) is 7.09. The highest BCUT2D eigenvalue weighted by Crippen LogP contribution is 2.32. The summed E-state index contributed by atoms with van der Waals surface area (Å²) in [4.78, 5) is 14.0. The van der Waals surface area contributed by atoms with Crippen molar-refractivity contribution in [1.82, 2.24) is 4.90 Å². The molecule has 3 nitrogen and oxygen atoms in total. The lowest BCUT2D eigenvalue weighted by Crippen LogP contribution is -2.51. The first kappa shape index (κ1) is 12.5. The molecule has 1 rings (SSSR count). The number of nitrogens with zero attached hydrogens (tertiary/aromatic N) is 1. The molecule has 0 spiro atoms. The fourth-order valence-corrected chi connectivity index (χ4v) is 2.12. The Morgan fingerprint density at radius 1 is 1.47 bits per heavy atom. The Labute approximate surface area is 93.0 Å². The van der Waals surface area contributed by atoms with E-state index in [0.717, 1.165) is 25.8 Å². The van der Waals surface area contributed by atoms with Gasteiger partial charge in [-0.05, 0) is 39.5 Å². The number of nitrogens with two attached hydrogens (primary N) is 1. The topological polar surface area (TPSA) is 46.3 Å². The maximum absolute atomic E-state index is 12.0. The molecule has 0 unspecified atom stereocenters. The molecular weight excluding hydrogens is 188 g/mol. The largest absolute Gasteiger partial charge is 0.340 e. The third-order valence-electron chi connectivity index (χ3n) is 3.26. The van der Waals surface area contributed by atoms with Gasteiger partial charge in [0, 0.05) is 24.5 Å². The minimum atomic E-state index is -0.183. The normalized spacial score (nSPS) is 18.7. The van der Waals surface area contributed by atoms with Crippen molar-refractivity contribution < 1.29 is 4.79 Å². The predicted octanol–water partition coefficient (Wildman–Crippen LogP) is 1.90. The molecule has 0 aromatic heterocycles. The molecule has 15 heavy (non-hydrogen) atoms. The molecule has 0 aromatic carbocycles. The van der Waals surface area contributed by atoms with E-state index in [1.54, 1.807) is 0 Å². The molecule has 0 aromatic rings. The molecule has 3 heteroatoms. The number of amides is 1. The lowest BCUT2D eigenvalue weighted by molar-refractivity contribution is -0.135. The monoisotopic (exact) mass is 212 g/mol. The molecule has 0 radical (unpaired) electrons. The molecular formula is C12H24N2O. The second-order valence-electron chi connectivity index (χ2n) is 5.07. The van der Waals surface area contributed by atoms with Crippen LogP contribution in [0.3, 0.4) is 0 Å². The van der Waals surface area contributed by atoms with Gasteiger partial charge in [0.25, 0.3) is 0 Å². The Balaban J connectivity index is 2.48. The van der Waals surface area contributed by atoms with Crippen molar-refractivity contribution in [2.24, 2.45) is 5.73 Å². The zero-order valence-corrected chi connectivity index (χ0v) is 10.3. The van der Waals surface area contributed by atoms with Gasteiger partial charge in [0.1, 0.15) is 0 Å². The van der Waals surface area contributed by atoms with E-state index < -0.39 is 0 Å². The van der Waals surface area contributed by atoms with Gasteiger partial charge in [-0.2, -0.15) is 0 Å². The van der Waals surface area contributed by atoms with Crippen LogP contribution in [0.25, 0.3) is 0 Å². The Morgan fingerprint density at radius 2 is 2.07 bits per heavy atom. The van der Waals surface area contributed by atoms with Crippen molar-refractivity contribution in [3.05, 3.63) is 0 Å². The average Bonchev–Trinajstić information content (AvgIpc) is 2.10. The van der Waals surface area contributed by atoms with Crippen molar-refractivity contribution in [2.75, 3.05) is 6.54 Å².